The number of carbonyl (C=O) groups is 1. The van der Waals surface area contributed by atoms with Gasteiger partial charge in [0.15, 0.2) is 0 Å². The molecule has 5 nitrogen and oxygen atoms in total. The van der Waals surface area contributed by atoms with Gasteiger partial charge in [-0.3, -0.25) is 9.48 Å². The first-order valence-corrected chi connectivity index (χ1v) is 6.94. The van der Waals surface area contributed by atoms with Crippen LogP contribution in [0.1, 0.15) is 27.3 Å². The Morgan fingerprint density at radius 2 is 2.04 bits per heavy atom. The van der Waals surface area contributed by atoms with Gasteiger partial charge in [-0.2, -0.15) is 18.3 Å². The van der Waals surface area contributed by atoms with Crippen molar-refractivity contribution in [1.29, 1.82) is 0 Å². The summed E-state index contributed by atoms with van der Waals surface area (Å²) in [7, 11) is 3.29. The standard InChI is InChI=1S/C14H14ClF3N4O/c1-8-9(5-20-22(8)3)7-21(2)13(23)12-11(15)4-10(6-19-12)14(16,17)18/h4-6H,7H2,1-3H3. The summed E-state index contributed by atoms with van der Waals surface area (Å²) in [5, 5.41) is 3.74. The van der Waals surface area contributed by atoms with Crippen LogP contribution < -0.4 is 0 Å². The molecule has 0 aromatic carbocycles. The van der Waals surface area contributed by atoms with Crippen LogP contribution in [0.5, 0.6) is 0 Å². The molecule has 0 aliphatic rings. The van der Waals surface area contributed by atoms with Gasteiger partial charge in [0.2, 0.25) is 0 Å². The van der Waals surface area contributed by atoms with Crippen molar-refractivity contribution < 1.29 is 18.0 Å². The number of halogens is 4. The number of aryl methyl sites for hydroxylation is 1. The van der Waals surface area contributed by atoms with Crippen LogP contribution in [0.15, 0.2) is 18.5 Å². The molecule has 9 heteroatoms. The van der Waals surface area contributed by atoms with E-state index in [4.69, 9.17) is 11.6 Å². The minimum Gasteiger partial charge on any atom is -0.336 e. The van der Waals surface area contributed by atoms with E-state index in [0.29, 0.717) is 12.3 Å². The van der Waals surface area contributed by atoms with Gasteiger partial charge in [-0.25, -0.2) is 4.98 Å². The fraction of sp³-hybridized carbons (Fsp3) is 0.357. The Balaban J connectivity index is 2.21. The molecule has 0 saturated carbocycles. The molecule has 0 fully saturated rings. The van der Waals surface area contributed by atoms with E-state index >= 15 is 0 Å². The summed E-state index contributed by atoms with van der Waals surface area (Å²) in [5.41, 5.74) is 0.496. The first-order valence-electron chi connectivity index (χ1n) is 6.57. The zero-order valence-corrected chi connectivity index (χ0v) is 13.4. The Bertz CT molecular complexity index is 742. The molecular weight excluding hydrogens is 333 g/mol. The van der Waals surface area contributed by atoms with Gasteiger partial charge in [0.05, 0.1) is 16.8 Å². The van der Waals surface area contributed by atoms with Crippen molar-refractivity contribution in [2.24, 2.45) is 7.05 Å². The molecule has 2 heterocycles. The van der Waals surface area contributed by atoms with Gasteiger partial charge in [-0.15, -0.1) is 0 Å². The molecule has 0 N–H and O–H groups in total. The number of aromatic nitrogens is 3. The van der Waals surface area contributed by atoms with Crippen LogP contribution in [0.25, 0.3) is 0 Å². The molecule has 0 unspecified atom stereocenters. The number of hydrogen-bond donors (Lipinski definition) is 0. The van der Waals surface area contributed by atoms with Crippen molar-refractivity contribution in [3.8, 4) is 0 Å². The average molecular weight is 347 g/mol. The van der Waals surface area contributed by atoms with Crippen LogP contribution in [-0.4, -0.2) is 32.6 Å². The van der Waals surface area contributed by atoms with E-state index in [1.807, 2.05) is 6.92 Å². The molecule has 0 aliphatic carbocycles. The molecule has 0 saturated heterocycles. The number of alkyl halides is 3. The van der Waals surface area contributed by atoms with Crippen LogP contribution in [-0.2, 0) is 19.8 Å². The lowest BCUT2D eigenvalue weighted by molar-refractivity contribution is -0.137. The first kappa shape index (κ1) is 17.3. The summed E-state index contributed by atoms with van der Waals surface area (Å²) in [6.07, 6.45) is -2.33. The van der Waals surface area contributed by atoms with Gasteiger partial charge in [0.1, 0.15) is 5.69 Å². The second kappa shape index (κ2) is 6.19. The van der Waals surface area contributed by atoms with Crippen molar-refractivity contribution in [2.45, 2.75) is 19.6 Å². The van der Waals surface area contributed by atoms with Crippen LogP contribution in [0, 0.1) is 6.92 Å². The summed E-state index contributed by atoms with van der Waals surface area (Å²) in [4.78, 5) is 17.2. The second-order valence-corrected chi connectivity index (χ2v) is 5.50. The van der Waals surface area contributed by atoms with Crippen molar-refractivity contribution in [3.63, 3.8) is 0 Å². The third kappa shape index (κ3) is 3.64. The Morgan fingerprint density at radius 3 is 2.52 bits per heavy atom. The molecule has 0 aliphatic heterocycles. The quantitative estimate of drug-likeness (QED) is 0.858. The Labute approximate surface area is 135 Å². The van der Waals surface area contributed by atoms with Gasteiger partial charge >= 0.3 is 6.18 Å². The Hall–Kier alpha value is -2.09. The maximum absolute atomic E-state index is 12.6. The highest BCUT2D eigenvalue weighted by molar-refractivity contribution is 6.33. The highest BCUT2D eigenvalue weighted by atomic mass is 35.5. The minimum absolute atomic E-state index is 0.219. The molecule has 0 bridgehead atoms. The number of rotatable bonds is 3. The molecular formula is C14H14ClF3N4O. The van der Waals surface area contributed by atoms with Gasteiger partial charge in [0, 0.05) is 38.1 Å². The third-order valence-electron chi connectivity index (χ3n) is 3.46. The number of hydrogen-bond acceptors (Lipinski definition) is 3. The number of amides is 1. The smallest absolute Gasteiger partial charge is 0.336 e. The monoisotopic (exact) mass is 346 g/mol. The van der Waals surface area contributed by atoms with Crippen LogP contribution in [0.2, 0.25) is 5.02 Å². The van der Waals surface area contributed by atoms with E-state index in [2.05, 4.69) is 10.1 Å². The maximum atomic E-state index is 12.6. The van der Waals surface area contributed by atoms with Gasteiger partial charge in [-0.05, 0) is 13.0 Å². The van der Waals surface area contributed by atoms with Gasteiger partial charge in [0.25, 0.3) is 5.91 Å². The highest BCUT2D eigenvalue weighted by Gasteiger charge is 2.32. The van der Waals surface area contributed by atoms with E-state index in [9.17, 15) is 18.0 Å². The number of carbonyl (C=O) groups excluding carboxylic acids is 1. The summed E-state index contributed by atoms with van der Waals surface area (Å²) in [6, 6.07) is 0.699. The maximum Gasteiger partial charge on any atom is 0.417 e. The van der Waals surface area contributed by atoms with E-state index in [1.165, 1.54) is 11.9 Å². The molecule has 0 spiro atoms. The third-order valence-corrected chi connectivity index (χ3v) is 3.75. The highest BCUT2D eigenvalue weighted by Crippen LogP contribution is 2.31. The predicted molar refractivity (Wildman–Crippen MR) is 78.0 cm³/mol. The number of pyridine rings is 1. The topological polar surface area (TPSA) is 51.0 Å². The minimum atomic E-state index is -4.56. The Morgan fingerprint density at radius 1 is 1.39 bits per heavy atom. The first-order chi connectivity index (χ1) is 10.6. The molecule has 0 atom stereocenters. The largest absolute Gasteiger partial charge is 0.417 e. The summed E-state index contributed by atoms with van der Waals surface area (Å²) >= 11 is 5.79. The van der Waals surface area contributed by atoms with E-state index < -0.39 is 17.6 Å². The Kier molecular flexibility index (Phi) is 4.65. The number of nitrogens with zero attached hydrogens (tertiary/aromatic N) is 4. The predicted octanol–water partition coefficient (Wildman–Crippen LogP) is 3.07. The lowest BCUT2D eigenvalue weighted by Gasteiger charge is -2.17. The van der Waals surface area contributed by atoms with Gasteiger partial charge in [-0.1, -0.05) is 11.6 Å². The summed E-state index contributed by atoms with van der Waals surface area (Å²) in [6.45, 7) is 2.10. The molecule has 2 rings (SSSR count). The molecule has 23 heavy (non-hydrogen) atoms. The second-order valence-electron chi connectivity index (χ2n) is 5.09. The average Bonchev–Trinajstić information content (AvgIpc) is 2.77. The van der Waals surface area contributed by atoms with E-state index in [0.717, 1.165) is 11.3 Å². The van der Waals surface area contributed by atoms with Crippen LogP contribution in [0.4, 0.5) is 13.2 Å². The molecule has 124 valence electrons. The van der Waals surface area contributed by atoms with E-state index in [-0.39, 0.29) is 17.3 Å². The zero-order valence-electron chi connectivity index (χ0n) is 12.6. The molecule has 0 radical (unpaired) electrons. The van der Waals surface area contributed by atoms with Crippen LogP contribution in [0.3, 0.4) is 0 Å². The van der Waals surface area contributed by atoms with Gasteiger partial charge < -0.3 is 4.90 Å². The van der Waals surface area contributed by atoms with Crippen molar-refractivity contribution in [3.05, 3.63) is 46.0 Å². The van der Waals surface area contributed by atoms with Crippen molar-refractivity contribution in [1.82, 2.24) is 19.7 Å². The lowest BCUT2D eigenvalue weighted by atomic mass is 10.2. The van der Waals surface area contributed by atoms with E-state index in [1.54, 1.807) is 17.9 Å². The lowest BCUT2D eigenvalue weighted by Crippen LogP contribution is -2.27. The fourth-order valence-electron chi connectivity index (χ4n) is 1.96. The molecule has 2 aromatic heterocycles. The van der Waals surface area contributed by atoms with Crippen molar-refractivity contribution in [2.75, 3.05) is 7.05 Å². The SMILES string of the molecule is Cc1c(CN(C)C(=O)c2ncc(C(F)(F)F)cc2Cl)cnn1C. The zero-order chi connectivity index (χ0) is 17.4. The summed E-state index contributed by atoms with van der Waals surface area (Å²) < 4.78 is 39.4. The molecule has 1 amide bonds. The molecule has 2 aromatic rings. The van der Waals surface area contributed by atoms with Crippen LogP contribution >= 0.6 is 11.6 Å². The van der Waals surface area contributed by atoms with Crippen molar-refractivity contribution >= 4 is 17.5 Å². The fourth-order valence-corrected chi connectivity index (χ4v) is 2.20. The normalized spacial score (nSPS) is 11.6. The summed E-state index contributed by atoms with van der Waals surface area (Å²) in [5.74, 6) is -0.563.